The highest BCUT2D eigenvalue weighted by molar-refractivity contribution is 5.88. The number of anilines is 1. The van der Waals surface area contributed by atoms with Crippen LogP contribution in [0.3, 0.4) is 0 Å². The van der Waals surface area contributed by atoms with Crippen molar-refractivity contribution in [2.24, 2.45) is 0 Å². The van der Waals surface area contributed by atoms with E-state index in [4.69, 9.17) is 9.26 Å². The molecule has 9 nitrogen and oxygen atoms in total. The van der Waals surface area contributed by atoms with Gasteiger partial charge in [-0.2, -0.15) is 10.1 Å². The van der Waals surface area contributed by atoms with Crippen LogP contribution in [0.5, 0.6) is 0 Å². The summed E-state index contributed by atoms with van der Waals surface area (Å²) in [5.74, 6) is 1.50. The number of morpholine rings is 1. The van der Waals surface area contributed by atoms with E-state index in [1.807, 2.05) is 17.7 Å². The Morgan fingerprint density at radius 2 is 2.28 bits per heavy atom. The summed E-state index contributed by atoms with van der Waals surface area (Å²) in [7, 11) is 0. The lowest BCUT2D eigenvalue weighted by Gasteiger charge is -2.31. The zero-order valence-corrected chi connectivity index (χ0v) is 15.0. The molecule has 1 N–H and O–H groups in total. The molecule has 0 saturated carbocycles. The molecule has 0 bridgehead atoms. The molecule has 3 rings (SSSR count). The van der Waals surface area contributed by atoms with Crippen LogP contribution in [0.1, 0.15) is 49.8 Å². The van der Waals surface area contributed by atoms with Crippen LogP contribution >= 0.6 is 0 Å². The molecule has 2 amide bonds. The van der Waals surface area contributed by atoms with E-state index in [-0.39, 0.29) is 12.1 Å². The fourth-order valence-electron chi connectivity index (χ4n) is 2.79. The van der Waals surface area contributed by atoms with Crippen molar-refractivity contribution >= 4 is 11.8 Å². The highest BCUT2D eigenvalue weighted by Gasteiger charge is 2.29. The molecule has 0 radical (unpaired) electrons. The van der Waals surface area contributed by atoms with Gasteiger partial charge in [0.05, 0.1) is 13.2 Å². The van der Waals surface area contributed by atoms with Crippen molar-refractivity contribution in [3.63, 3.8) is 0 Å². The summed E-state index contributed by atoms with van der Waals surface area (Å²) in [5.41, 5.74) is 1.02. The standard InChI is InChI=1S/C16H24N6O3/c1-5-10(2)22-11(3)8-14(19-22)18-16(23)21-6-7-24-13(9-21)15-17-12(4)25-20-15/h8,10,13H,5-7,9H2,1-4H3,(H,18,19,23). The van der Waals surface area contributed by atoms with Crippen LogP contribution in [0, 0.1) is 13.8 Å². The van der Waals surface area contributed by atoms with Crippen molar-refractivity contribution in [3.05, 3.63) is 23.5 Å². The van der Waals surface area contributed by atoms with Gasteiger partial charge in [-0.3, -0.25) is 10.00 Å². The molecular formula is C16H24N6O3. The first-order valence-electron chi connectivity index (χ1n) is 8.51. The lowest BCUT2D eigenvalue weighted by Crippen LogP contribution is -2.44. The second kappa shape index (κ2) is 7.22. The van der Waals surface area contributed by atoms with Crippen LogP contribution in [0.2, 0.25) is 0 Å². The van der Waals surface area contributed by atoms with E-state index < -0.39 is 0 Å². The Kier molecular flexibility index (Phi) is 5.03. The molecule has 1 aliphatic rings. The van der Waals surface area contributed by atoms with E-state index >= 15 is 0 Å². The van der Waals surface area contributed by atoms with Crippen LogP contribution in [-0.2, 0) is 4.74 Å². The third-order valence-corrected chi connectivity index (χ3v) is 4.35. The van der Waals surface area contributed by atoms with Gasteiger partial charge in [-0.05, 0) is 20.3 Å². The highest BCUT2D eigenvalue weighted by atomic mass is 16.5. The number of aryl methyl sites for hydroxylation is 2. The number of rotatable bonds is 4. The molecule has 1 fully saturated rings. The topological polar surface area (TPSA) is 98.3 Å². The van der Waals surface area contributed by atoms with Gasteiger partial charge in [0.15, 0.2) is 5.82 Å². The molecule has 2 atom stereocenters. The summed E-state index contributed by atoms with van der Waals surface area (Å²) in [4.78, 5) is 18.4. The average molecular weight is 348 g/mol. The fraction of sp³-hybridized carbons (Fsp3) is 0.625. The van der Waals surface area contributed by atoms with Crippen LogP contribution < -0.4 is 5.32 Å². The van der Waals surface area contributed by atoms with E-state index in [0.717, 1.165) is 12.1 Å². The van der Waals surface area contributed by atoms with E-state index in [1.165, 1.54) is 0 Å². The summed E-state index contributed by atoms with van der Waals surface area (Å²) in [6, 6.07) is 1.96. The number of amides is 2. The molecule has 136 valence electrons. The number of carbonyl (C=O) groups excluding carboxylic acids is 1. The van der Waals surface area contributed by atoms with Crippen molar-refractivity contribution in [1.29, 1.82) is 0 Å². The predicted octanol–water partition coefficient (Wildman–Crippen LogP) is 2.46. The highest BCUT2D eigenvalue weighted by Crippen LogP contribution is 2.21. The van der Waals surface area contributed by atoms with Gasteiger partial charge in [-0.25, -0.2) is 4.79 Å². The first-order chi connectivity index (χ1) is 12.0. The van der Waals surface area contributed by atoms with Crippen LogP contribution in [0.15, 0.2) is 10.6 Å². The summed E-state index contributed by atoms with van der Waals surface area (Å²) >= 11 is 0. The summed E-state index contributed by atoms with van der Waals surface area (Å²) in [5, 5.41) is 11.2. The molecule has 25 heavy (non-hydrogen) atoms. The van der Waals surface area contributed by atoms with Crippen molar-refractivity contribution in [2.75, 3.05) is 25.0 Å². The maximum atomic E-state index is 12.6. The van der Waals surface area contributed by atoms with Crippen LogP contribution in [0.25, 0.3) is 0 Å². The fourth-order valence-corrected chi connectivity index (χ4v) is 2.79. The van der Waals surface area contributed by atoms with E-state index in [2.05, 4.69) is 34.4 Å². The van der Waals surface area contributed by atoms with Crippen molar-refractivity contribution in [3.8, 4) is 0 Å². The van der Waals surface area contributed by atoms with Crippen molar-refractivity contribution in [2.45, 2.75) is 46.3 Å². The molecule has 2 unspecified atom stereocenters. The van der Waals surface area contributed by atoms with Crippen LogP contribution in [-0.4, -0.2) is 50.5 Å². The Labute approximate surface area is 146 Å². The van der Waals surface area contributed by atoms with Gasteiger partial charge < -0.3 is 14.2 Å². The molecule has 3 heterocycles. The second-order valence-electron chi connectivity index (χ2n) is 6.28. The van der Waals surface area contributed by atoms with Gasteiger partial charge in [0, 0.05) is 31.3 Å². The maximum absolute atomic E-state index is 12.6. The molecule has 1 aliphatic heterocycles. The average Bonchev–Trinajstić information content (AvgIpc) is 3.20. The van der Waals surface area contributed by atoms with Gasteiger partial charge in [0.2, 0.25) is 11.7 Å². The van der Waals surface area contributed by atoms with Gasteiger partial charge in [0.1, 0.15) is 6.10 Å². The normalized spacial score (nSPS) is 19.0. The Morgan fingerprint density at radius 3 is 2.96 bits per heavy atom. The number of hydrogen-bond donors (Lipinski definition) is 1. The Bertz CT molecular complexity index is 740. The van der Waals surface area contributed by atoms with Crippen molar-refractivity contribution in [1.82, 2.24) is 24.8 Å². The summed E-state index contributed by atoms with van der Waals surface area (Å²) < 4.78 is 12.6. The number of nitrogens with one attached hydrogen (secondary N) is 1. The number of nitrogens with zero attached hydrogens (tertiary/aromatic N) is 5. The Hall–Kier alpha value is -2.42. The number of hydrogen-bond acceptors (Lipinski definition) is 6. The summed E-state index contributed by atoms with van der Waals surface area (Å²) in [6.45, 7) is 9.21. The number of urea groups is 1. The lowest BCUT2D eigenvalue weighted by molar-refractivity contribution is -0.0191. The SMILES string of the molecule is CCC(C)n1nc(NC(=O)N2CCOC(c3noc(C)n3)C2)cc1C. The number of aromatic nitrogens is 4. The molecule has 0 spiro atoms. The molecule has 2 aromatic heterocycles. The lowest BCUT2D eigenvalue weighted by atomic mass is 10.2. The zero-order chi connectivity index (χ0) is 18.0. The van der Waals surface area contributed by atoms with E-state index in [1.54, 1.807) is 11.8 Å². The third-order valence-electron chi connectivity index (χ3n) is 4.35. The van der Waals surface area contributed by atoms with Crippen molar-refractivity contribution < 1.29 is 14.1 Å². The van der Waals surface area contributed by atoms with Gasteiger partial charge in [-0.1, -0.05) is 12.1 Å². The maximum Gasteiger partial charge on any atom is 0.323 e. The first-order valence-corrected chi connectivity index (χ1v) is 8.51. The minimum absolute atomic E-state index is 0.206. The molecule has 1 saturated heterocycles. The van der Waals surface area contributed by atoms with Gasteiger partial charge in [0.25, 0.3) is 0 Å². The zero-order valence-electron chi connectivity index (χ0n) is 15.0. The monoisotopic (exact) mass is 348 g/mol. The number of ether oxygens (including phenoxy) is 1. The largest absolute Gasteiger partial charge is 0.366 e. The van der Waals surface area contributed by atoms with E-state index in [0.29, 0.717) is 43.3 Å². The van der Waals surface area contributed by atoms with Gasteiger partial charge >= 0.3 is 6.03 Å². The molecular weight excluding hydrogens is 324 g/mol. The van der Waals surface area contributed by atoms with Crippen LogP contribution in [0.4, 0.5) is 10.6 Å². The Balaban J connectivity index is 1.65. The molecule has 0 aliphatic carbocycles. The first kappa shape index (κ1) is 17.4. The van der Waals surface area contributed by atoms with E-state index in [9.17, 15) is 4.79 Å². The molecule has 0 aromatic carbocycles. The Morgan fingerprint density at radius 1 is 1.48 bits per heavy atom. The van der Waals surface area contributed by atoms with Gasteiger partial charge in [-0.15, -0.1) is 0 Å². The third kappa shape index (κ3) is 3.81. The number of carbonyl (C=O) groups is 1. The summed E-state index contributed by atoms with van der Waals surface area (Å²) in [6.07, 6.45) is 0.599. The second-order valence-corrected chi connectivity index (χ2v) is 6.28. The minimum atomic E-state index is -0.378. The smallest absolute Gasteiger partial charge is 0.323 e. The quantitative estimate of drug-likeness (QED) is 0.911. The molecule has 9 heteroatoms. The molecule has 2 aromatic rings. The predicted molar refractivity (Wildman–Crippen MR) is 90.3 cm³/mol. The minimum Gasteiger partial charge on any atom is -0.366 e.